The van der Waals surface area contributed by atoms with Gasteiger partial charge in [-0.15, -0.1) is 0 Å². The number of fused-ring (bicyclic) bond motifs is 3. The summed E-state index contributed by atoms with van der Waals surface area (Å²) in [7, 11) is 4.79. The lowest BCUT2D eigenvalue weighted by molar-refractivity contribution is -0.167. The predicted molar refractivity (Wildman–Crippen MR) is 187 cm³/mol. The molecule has 282 valence electrons. The summed E-state index contributed by atoms with van der Waals surface area (Å²) in [5.41, 5.74) is -0.982. The van der Waals surface area contributed by atoms with E-state index in [1.807, 2.05) is 19.1 Å². The van der Waals surface area contributed by atoms with Crippen LogP contribution in [0.3, 0.4) is 0 Å². The average Bonchev–Trinajstić information content (AvgIpc) is 3.10. The van der Waals surface area contributed by atoms with Crippen LogP contribution in [0, 0.1) is 17.8 Å². The van der Waals surface area contributed by atoms with E-state index in [9.17, 15) is 34.5 Å². The molecule has 0 aromatic rings. The highest BCUT2D eigenvalue weighted by molar-refractivity contribution is 6.39. The summed E-state index contributed by atoms with van der Waals surface area (Å²) < 4.78 is 17.1. The van der Waals surface area contributed by atoms with Crippen molar-refractivity contribution in [3.05, 3.63) is 23.8 Å². The van der Waals surface area contributed by atoms with Crippen molar-refractivity contribution in [2.45, 2.75) is 152 Å². The molecule has 0 aromatic carbocycles. The number of ether oxygens (including phenoxy) is 3. The van der Waals surface area contributed by atoms with Gasteiger partial charge in [0.15, 0.2) is 5.78 Å². The van der Waals surface area contributed by atoms with Crippen LogP contribution in [-0.2, 0) is 33.4 Å². The van der Waals surface area contributed by atoms with E-state index >= 15 is 0 Å². The van der Waals surface area contributed by atoms with Crippen molar-refractivity contribution in [2.75, 3.05) is 27.9 Å². The Hall–Kier alpha value is -2.28. The van der Waals surface area contributed by atoms with Crippen LogP contribution in [-0.4, -0.2) is 114 Å². The van der Waals surface area contributed by atoms with E-state index in [4.69, 9.17) is 14.2 Å². The number of aliphatic hydroxyl groups excluding tert-OH is 2. The van der Waals surface area contributed by atoms with E-state index < -0.39 is 41.5 Å². The summed E-state index contributed by atoms with van der Waals surface area (Å²) in [5, 5.41) is 33.2. The maximum Gasteiger partial charge on any atom is 0.293 e. The standard InChI is InChI=1S/C39H61NO10/c1-25(19-26-14-15-32(43)36(20-26)50-4)27-21-29(42)23-28(41)11-7-5-6-8-13-34(48-2)30-24-39(47,17-16-35(30)49-3)37(45)38(46)40-18-10-9-12-31(40)33(44)22-27/h5,7,19,26-27,29-32,34-36,42-43,47H,6,8-18,20-24H2,1-4H3. The van der Waals surface area contributed by atoms with Gasteiger partial charge < -0.3 is 34.4 Å². The SMILES string of the molecule is COC1CC(C=C(C)C2CC(=O)C3CCCCN3C(=O)C(=O)C3(O)CCC(OC)C(C3)C(OC)CCCC=CCC(=O)CC(O)C2)CCC1O. The summed E-state index contributed by atoms with van der Waals surface area (Å²) >= 11 is 0. The second-order valence-corrected chi connectivity index (χ2v) is 15.3. The Bertz CT molecular complexity index is 1230. The van der Waals surface area contributed by atoms with Crippen LogP contribution in [0.5, 0.6) is 0 Å². The fourth-order valence-electron chi connectivity index (χ4n) is 8.83. The summed E-state index contributed by atoms with van der Waals surface area (Å²) in [6, 6.07) is -0.822. The minimum atomic E-state index is -1.89. The molecule has 11 heteroatoms. The fraction of sp³-hybridized carbons (Fsp3) is 0.795. The molecule has 1 amide bonds. The Morgan fingerprint density at radius 1 is 0.860 bits per heavy atom. The fourth-order valence-corrected chi connectivity index (χ4v) is 8.83. The number of carbonyl (C=O) groups excluding carboxylic acids is 4. The van der Waals surface area contributed by atoms with Gasteiger partial charge in [-0.1, -0.05) is 23.8 Å². The van der Waals surface area contributed by atoms with E-state index in [0.29, 0.717) is 44.9 Å². The maximum absolute atomic E-state index is 14.2. The Morgan fingerprint density at radius 2 is 1.58 bits per heavy atom. The van der Waals surface area contributed by atoms with Crippen LogP contribution in [0.4, 0.5) is 0 Å². The molecule has 0 spiro atoms. The van der Waals surface area contributed by atoms with Crippen molar-refractivity contribution in [3.63, 3.8) is 0 Å². The van der Waals surface area contributed by atoms with Crippen LogP contribution in [0.2, 0.25) is 0 Å². The highest BCUT2D eigenvalue weighted by Crippen LogP contribution is 2.40. The molecule has 2 aliphatic carbocycles. The Labute approximate surface area is 297 Å². The van der Waals surface area contributed by atoms with Crippen molar-refractivity contribution < 1.29 is 48.7 Å². The molecule has 10 atom stereocenters. The zero-order valence-electron chi connectivity index (χ0n) is 30.6. The lowest BCUT2D eigenvalue weighted by Gasteiger charge is -2.43. The maximum atomic E-state index is 14.2. The smallest absolute Gasteiger partial charge is 0.293 e. The minimum Gasteiger partial charge on any atom is -0.393 e. The number of piperidine rings is 1. The topological polar surface area (TPSA) is 160 Å². The number of nitrogens with zero attached hydrogens (tertiary/aromatic N) is 1. The number of hydrogen-bond acceptors (Lipinski definition) is 10. The van der Waals surface area contributed by atoms with Gasteiger partial charge in [-0.3, -0.25) is 19.2 Å². The second kappa shape index (κ2) is 19.0. The van der Waals surface area contributed by atoms with Crippen LogP contribution >= 0.6 is 0 Å². The van der Waals surface area contributed by atoms with E-state index in [0.717, 1.165) is 24.8 Å². The third-order valence-corrected chi connectivity index (χ3v) is 11.8. The van der Waals surface area contributed by atoms with Gasteiger partial charge in [-0.05, 0) is 102 Å². The van der Waals surface area contributed by atoms with Gasteiger partial charge in [0.2, 0.25) is 0 Å². The van der Waals surface area contributed by atoms with Gasteiger partial charge >= 0.3 is 0 Å². The van der Waals surface area contributed by atoms with Gasteiger partial charge in [0.1, 0.15) is 11.4 Å². The zero-order chi connectivity index (χ0) is 36.4. The number of carbonyl (C=O) groups is 4. The number of hydrogen-bond donors (Lipinski definition) is 3. The van der Waals surface area contributed by atoms with Gasteiger partial charge in [-0.2, -0.15) is 0 Å². The molecule has 0 aromatic heterocycles. The Morgan fingerprint density at radius 3 is 2.30 bits per heavy atom. The van der Waals surface area contributed by atoms with E-state index in [-0.39, 0.29) is 86.8 Å². The highest BCUT2D eigenvalue weighted by Gasteiger charge is 2.51. The van der Waals surface area contributed by atoms with E-state index in [1.54, 1.807) is 21.3 Å². The molecule has 2 heterocycles. The number of amides is 1. The molecule has 3 N–H and O–H groups in total. The highest BCUT2D eigenvalue weighted by atomic mass is 16.5. The predicted octanol–water partition coefficient (Wildman–Crippen LogP) is 4.04. The van der Waals surface area contributed by atoms with Crippen molar-refractivity contribution in [2.24, 2.45) is 17.8 Å². The van der Waals surface area contributed by atoms with Gasteiger partial charge in [0.05, 0.1) is 36.6 Å². The van der Waals surface area contributed by atoms with Gasteiger partial charge in [-0.25, -0.2) is 0 Å². The molecule has 2 aliphatic heterocycles. The zero-order valence-corrected chi connectivity index (χ0v) is 30.6. The number of ketones is 3. The molecule has 2 saturated carbocycles. The lowest BCUT2D eigenvalue weighted by Crippen LogP contribution is -2.58. The van der Waals surface area contributed by atoms with Crippen molar-refractivity contribution in [3.8, 4) is 0 Å². The molecule has 4 rings (SSSR count). The Balaban J connectivity index is 1.63. The number of methoxy groups -OCH3 is 3. The third kappa shape index (κ3) is 10.4. The average molecular weight is 704 g/mol. The molecule has 11 nitrogen and oxygen atoms in total. The molecular weight excluding hydrogens is 642 g/mol. The van der Waals surface area contributed by atoms with Crippen LogP contribution < -0.4 is 0 Å². The number of aliphatic hydroxyl groups is 3. The summed E-state index contributed by atoms with van der Waals surface area (Å²) in [5.74, 6) is -2.58. The molecule has 10 unspecified atom stereocenters. The van der Waals surface area contributed by atoms with Gasteiger partial charge in [0, 0.05) is 53.1 Å². The molecule has 2 bridgehead atoms. The minimum absolute atomic E-state index is 0.0253. The number of allylic oxidation sites excluding steroid dienone is 4. The normalized spacial score (nSPS) is 38.0. The van der Waals surface area contributed by atoms with Crippen molar-refractivity contribution >= 4 is 23.3 Å². The third-order valence-electron chi connectivity index (χ3n) is 11.8. The second-order valence-electron chi connectivity index (χ2n) is 15.3. The summed E-state index contributed by atoms with van der Waals surface area (Å²) in [4.78, 5) is 56.3. The largest absolute Gasteiger partial charge is 0.393 e. The summed E-state index contributed by atoms with van der Waals surface area (Å²) in [6.07, 6.45) is 10.3. The lowest BCUT2D eigenvalue weighted by atomic mass is 9.71. The first-order chi connectivity index (χ1) is 23.9. The van der Waals surface area contributed by atoms with E-state index in [1.165, 1.54) is 4.90 Å². The molecule has 50 heavy (non-hydrogen) atoms. The molecular formula is C39H61NO10. The van der Waals surface area contributed by atoms with Crippen molar-refractivity contribution in [1.29, 1.82) is 0 Å². The first kappa shape index (κ1) is 40.5. The van der Waals surface area contributed by atoms with Crippen LogP contribution in [0.25, 0.3) is 0 Å². The Kier molecular flexibility index (Phi) is 15.4. The molecule has 1 saturated heterocycles. The number of Topliss-reactive ketones (excluding diaryl/α,β-unsaturated/α-hetero) is 3. The quantitative estimate of drug-likeness (QED) is 0.282. The first-order valence-corrected chi connectivity index (χ1v) is 18.8. The van der Waals surface area contributed by atoms with Crippen LogP contribution in [0.1, 0.15) is 110 Å². The van der Waals surface area contributed by atoms with Crippen molar-refractivity contribution in [1.82, 2.24) is 4.90 Å². The number of rotatable bonds is 5. The molecule has 4 aliphatic rings. The molecule has 0 radical (unpaired) electrons. The van der Waals surface area contributed by atoms with Gasteiger partial charge in [0.25, 0.3) is 11.7 Å². The van der Waals surface area contributed by atoms with E-state index in [2.05, 4.69) is 6.08 Å². The summed E-state index contributed by atoms with van der Waals surface area (Å²) in [6.45, 7) is 2.18. The first-order valence-electron chi connectivity index (χ1n) is 18.8. The molecule has 3 fully saturated rings. The monoisotopic (exact) mass is 703 g/mol. The van der Waals surface area contributed by atoms with Crippen LogP contribution in [0.15, 0.2) is 23.8 Å².